The Morgan fingerprint density at radius 1 is 1.42 bits per heavy atom. The number of hydrogen-bond acceptors (Lipinski definition) is 2. The molecule has 2 aliphatic rings. The third kappa shape index (κ3) is 1.78. The van der Waals surface area contributed by atoms with Crippen LogP contribution < -0.4 is 5.32 Å². The lowest BCUT2D eigenvalue weighted by molar-refractivity contribution is -0.124. The van der Waals surface area contributed by atoms with Gasteiger partial charge in [0.1, 0.15) is 0 Å². The van der Waals surface area contributed by atoms with Crippen molar-refractivity contribution in [2.75, 3.05) is 20.1 Å². The van der Waals surface area contributed by atoms with Crippen LogP contribution in [0.15, 0.2) is 0 Å². The fourth-order valence-corrected chi connectivity index (χ4v) is 1.70. The van der Waals surface area contributed by atoms with E-state index in [1.165, 1.54) is 12.8 Å². The Kier molecular flexibility index (Phi) is 2.05. The summed E-state index contributed by atoms with van der Waals surface area (Å²) in [5.74, 6) is 0.539. The first-order chi connectivity index (χ1) is 5.75. The predicted molar refractivity (Wildman–Crippen MR) is 46.8 cm³/mol. The van der Waals surface area contributed by atoms with E-state index in [1.54, 1.807) is 0 Å². The van der Waals surface area contributed by atoms with Crippen LogP contribution in [0.25, 0.3) is 0 Å². The molecule has 3 heteroatoms. The van der Waals surface area contributed by atoms with Gasteiger partial charge in [-0.2, -0.15) is 0 Å². The first kappa shape index (κ1) is 8.05. The molecule has 2 fully saturated rings. The Morgan fingerprint density at radius 2 is 2.17 bits per heavy atom. The summed E-state index contributed by atoms with van der Waals surface area (Å²) in [6, 6.07) is 0.517. The van der Waals surface area contributed by atoms with Crippen molar-refractivity contribution < 1.29 is 4.79 Å². The van der Waals surface area contributed by atoms with Gasteiger partial charge >= 0.3 is 0 Å². The number of rotatable bonds is 2. The lowest BCUT2D eigenvalue weighted by Crippen LogP contribution is -2.33. The standard InChI is InChI=1S/C9H16N2O/c1-11-5-4-7(6-11)9(12)10-8-2-3-8/h7-8H,2-6H2,1H3,(H,10,12). The topological polar surface area (TPSA) is 32.3 Å². The second-order valence-electron chi connectivity index (χ2n) is 4.03. The molecule has 0 aromatic heterocycles. The lowest BCUT2D eigenvalue weighted by atomic mass is 10.1. The summed E-state index contributed by atoms with van der Waals surface area (Å²) in [4.78, 5) is 13.7. The minimum Gasteiger partial charge on any atom is -0.353 e. The molecule has 2 rings (SSSR count). The Hall–Kier alpha value is -0.570. The quantitative estimate of drug-likeness (QED) is 0.639. The molecule has 1 atom stereocenters. The monoisotopic (exact) mass is 168 g/mol. The largest absolute Gasteiger partial charge is 0.353 e. The van der Waals surface area contributed by atoms with Crippen molar-refractivity contribution in [2.24, 2.45) is 5.92 Å². The molecule has 1 N–H and O–H groups in total. The maximum Gasteiger partial charge on any atom is 0.224 e. The van der Waals surface area contributed by atoms with E-state index >= 15 is 0 Å². The first-order valence-electron chi connectivity index (χ1n) is 4.74. The van der Waals surface area contributed by atoms with Gasteiger partial charge in [-0.25, -0.2) is 0 Å². The number of hydrogen-bond donors (Lipinski definition) is 1. The van der Waals surface area contributed by atoms with Gasteiger partial charge in [0, 0.05) is 12.6 Å². The predicted octanol–water partition coefficient (Wildman–Crippen LogP) is 0.217. The summed E-state index contributed by atoms with van der Waals surface area (Å²) >= 11 is 0. The van der Waals surface area contributed by atoms with Crippen LogP contribution in [0.4, 0.5) is 0 Å². The molecule has 0 radical (unpaired) electrons. The number of carbonyl (C=O) groups excluding carboxylic acids is 1. The second-order valence-corrected chi connectivity index (χ2v) is 4.03. The van der Waals surface area contributed by atoms with E-state index < -0.39 is 0 Å². The number of nitrogens with zero attached hydrogens (tertiary/aromatic N) is 1. The van der Waals surface area contributed by atoms with Crippen LogP contribution in [0.3, 0.4) is 0 Å². The summed E-state index contributed by atoms with van der Waals surface area (Å²) in [5, 5.41) is 3.05. The van der Waals surface area contributed by atoms with Gasteiger partial charge in [-0.15, -0.1) is 0 Å². The molecule has 1 saturated heterocycles. The van der Waals surface area contributed by atoms with Crippen molar-refractivity contribution in [1.82, 2.24) is 10.2 Å². The lowest BCUT2D eigenvalue weighted by Gasteiger charge is -2.10. The van der Waals surface area contributed by atoms with Gasteiger partial charge in [-0.1, -0.05) is 0 Å². The third-order valence-electron chi connectivity index (χ3n) is 2.69. The van der Waals surface area contributed by atoms with Crippen LogP contribution in [-0.2, 0) is 4.79 Å². The highest BCUT2D eigenvalue weighted by Crippen LogP contribution is 2.21. The van der Waals surface area contributed by atoms with Crippen LogP contribution in [0.2, 0.25) is 0 Å². The molecule has 12 heavy (non-hydrogen) atoms. The van der Waals surface area contributed by atoms with Crippen molar-refractivity contribution in [2.45, 2.75) is 25.3 Å². The fourth-order valence-electron chi connectivity index (χ4n) is 1.70. The zero-order valence-corrected chi connectivity index (χ0v) is 7.55. The van der Waals surface area contributed by atoms with Crippen molar-refractivity contribution >= 4 is 5.91 Å². The maximum absolute atomic E-state index is 11.5. The van der Waals surface area contributed by atoms with Crippen LogP contribution in [0, 0.1) is 5.92 Å². The molecular formula is C9H16N2O. The third-order valence-corrected chi connectivity index (χ3v) is 2.69. The molecule has 0 aromatic rings. The van der Waals surface area contributed by atoms with E-state index in [4.69, 9.17) is 0 Å². The van der Waals surface area contributed by atoms with Crippen molar-refractivity contribution in [3.05, 3.63) is 0 Å². The highest BCUT2D eigenvalue weighted by molar-refractivity contribution is 5.79. The summed E-state index contributed by atoms with van der Waals surface area (Å²) in [6.07, 6.45) is 3.41. The average Bonchev–Trinajstić information content (AvgIpc) is 2.72. The summed E-state index contributed by atoms with van der Waals surface area (Å²) in [7, 11) is 2.07. The number of likely N-dealkylation sites (tertiary alicyclic amines) is 1. The van der Waals surface area contributed by atoms with E-state index in [9.17, 15) is 4.79 Å². The van der Waals surface area contributed by atoms with E-state index in [2.05, 4.69) is 17.3 Å². The molecule has 1 amide bonds. The molecule has 0 spiro atoms. The minimum absolute atomic E-state index is 0.260. The smallest absolute Gasteiger partial charge is 0.224 e. The average molecular weight is 168 g/mol. The number of amides is 1. The zero-order valence-electron chi connectivity index (χ0n) is 7.55. The summed E-state index contributed by atoms with van der Waals surface area (Å²) < 4.78 is 0. The minimum atomic E-state index is 0.260. The van der Waals surface area contributed by atoms with Crippen molar-refractivity contribution in [3.8, 4) is 0 Å². The SMILES string of the molecule is CN1CCC(C(=O)NC2CC2)C1. The molecule has 0 bridgehead atoms. The summed E-state index contributed by atoms with van der Waals surface area (Å²) in [5.41, 5.74) is 0. The molecule has 68 valence electrons. The van der Waals surface area contributed by atoms with Crippen LogP contribution in [0.1, 0.15) is 19.3 Å². The number of nitrogens with one attached hydrogen (secondary N) is 1. The molecule has 1 saturated carbocycles. The second kappa shape index (κ2) is 3.05. The van der Waals surface area contributed by atoms with E-state index in [0.29, 0.717) is 6.04 Å². The van der Waals surface area contributed by atoms with Gasteiger partial charge in [0.05, 0.1) is 5.92 Å². The van der Waals surface area contributed by atoms with Crippen LogP contribution in [-0.4, -0.2) is 37.0 Å². The highest BCUT2D eigenvalue weighted by atomic mass is 16.2. The highest BCUT2D eigenvalue weighted by Gasteiger charge is 2.30. The Bertz CT molecular complexity index is 189. The van der Waals surface area contributed by atoms with Gasteiger partial charge < -0.3 is 10.2 Å². The Balaban J connectivity index is 1.79. The normalized spacial score (nSPS) is 30.6. The van der Waals surface area contributed by atoms with Gasteiger partial charge in [0.15, 0.2) is 0 Å². The van der Waals surface area contributed by atoms with Crippen molar-refractivity contribution in [1.29, 1.82) is 0 Å². The van der Waals surface area contributed by atoms with Gasteiger partial charge in [0.2, 0.25) is 5.91 Å². The fraction of sp³-hybridized carbons (Fsp3) is 0.889. The van der Waals surface area contributed by atoms with Gasteiger partial charge in [-0.05, 0) is 32.9 Å². The van der Waals surface area contributed by atoms with Gasteiger partial charge in [0.25, 0.3) is 0 Å². The van der Waals surface area contributed by atoms with E-state index in [0.717, 1.165) is 19.5 Å². The summed E-state index contributed by atoms with van der Waals surface area (Å²) in [6.45, 7) is 2.02. The maximum atomic E-state index is 11.5. The molecule has 1 heterocycles. The Labute approximate surface area is 73.1 Å². The molecule has 0 aromatic carbocycles. The first-order valence-corrected chi connectivity index (χ1v) is 4.74. The molecule has 3 nitrogen and oxygen atoms in total. The number of carbonyl (C=O) groups is 1. The Morgan fingerprint density at radius 3 is 2.67 bits per heavy atom. The van der Waals surface area contributed by atoms with E-state index in [1.807, 2.05) is 0 Å². The van der Waals surface area contributed by atoms with Gasteiger partial charge in [-0.3, -0.25) is 4.79 Å². The van der Waals surface area contributed by atoms with Crippen molar-refractivity contribution in [3.63, 3.8) is 0 Å². The zero-order chi connectivity index (χ0) is 8.55. The van der Waals surface area contributed by atoms with E-state index in [-0.39, 0.29) is 11.8 Å². The molecule has 1 aliphatic heterocycles. The molecular weight excluding hydrogens is 152 g/mol. The molecule has 1 aliphatic carbocycles. The molecule has 1 unspecified atom stereocenters. The van der Waals surface area contributed by atoms with Crippen LogP contribution >= 0.6 is 0 Å². The van der Waals surface area contributed by atoms with Crippen LogP contribution in [0.5, 0.6) is 0 Å².